The average Bonchev–Trinajstić information content (AvgIpc) is 2.39. The molecule has 0 fully saturated rings. The van der Waals surface area contributed by atoms with Gasteiger partial charge >= 0.3 is 0 Å². The normalized spacial score (nSPS) is 10.4. The molecule has 104 valence electrons. The highest BCUT2D eigenvalue weighted by Crippen LogP contribution is 2.22. The van der Waals surface area contributed by atoms with Gasteiger partial charge in [-0.1, -0.05) is 15.9 Å². The molecule has 0 bridgehead atoms. The van der Waals surface area contributed by atoms with Gasteiger partial charge in [-0.05, 0) is 30.3 Å². The van der Waals surface area contributed by atoms with Crippen LogP contribution in [0.2, 0.25) is 0 Å². The Balaban J connectivity index is 2.10. The first-order valence-corrected chi connectivity index (χ1v) is 6.33. The van der Waals surface area contributed by atoms with E-state index in [1.807, 2.05) is 0 Å². The number of carbonyl (C=O) groups excluding carboxylic acids is 1. The van der Waals surface area contributed by atoms with E-state index < -0.39 is 29.8 Å². The molecule has 0 saturated heterocycles. The topological polar surface area (TPSA) is 26.3 Å². The van der Waals surface area contributed by atoms with Crippen LogP contribution in [0.3, 0.4) is 0 Å². The molecule has 0 radical (unpaired) electrons. The van der Waals surface area contributed by atoms with Crippen molar-refractivity contribution in [2.24, 2.45) is 0 Å². The summed E-state index contributed by atoms with van der Waals surface area (Å²) >= 11 is 3.13. The first-order chi connectivity index (χ1) is 9.47. The number of ketones is 1. The lowest BCUT2D eigenvalue weighted by Gasteiger charge is -2.07. The Morgan fingerprint density at radius 1 is 1.05 bits per heavy atom. The van der Waals surface area contributed by atoms with E-state index >= 15 is 0 Å². The summed E-state index contributed by atoms with van der Waals surface area (Å²) in [4.78, 5) is 11.7. The minimum absolute atomic E-state index is 0.129. The van der Waals surface area contributed by atoms with Crippen LogP contribution in [-0.4, -0.2) is 12.4 Å². The molecule has 2 nitrogen and oxygen atoms in total. The van der Waals surface area contributed by atoms with E-state index in [1.165, 1.54) is 18.2 Å². The number of benzene rings is 2. The Kier molecular flexibility index (Phi) is 4.44. The van der Waals surface area contributed by atoms with Crippen LogP contribution in [0.1, 0.15) is 10.4 Å². The lowest BCUT2D eigenvalue weighted by atomic mass is 10.1. The van der Waals surface area contributed by atoms with Gasteiger partial charge in [0.15, 0.2) is 18.2 Å². The number of rotatable bonds is 4. The second-order valence-corrected chi connectivity index (χ2v) is 4.83. The summed E-state index contributed by atoms with van der Waals surface area (Å²) in [6, 6.07) is 6.59. The molecular weight excluding hydrogens is 337 g/mol. The Hall–Kier alpha value is -1.82. The van der Waals surface area contributed by atoms with E-state index in [0.717, 1.165) is 12.1 Å². The van der Waals surface area contributed by atoms with E-state index in [-0.39, 0.29) is 11.3 Å². The Morgan fingerprint density at radius 2 is 1.80 bits per heavy atom. The third-order valence-electron chi connectivity index (χ3n) is 2.48. The van der Waals surface area contributed by atoms with Crippen LogP contribution >= 0.6 is 15.9 Å². The maximum atomic E-state index is 13.4. The molecule has 0 aliphatic rings. The molecule has 0 aliphatic carbocycles. The fourth-order valence-corrected chi connectivity index (χ4v) is 1.86. The number of hydrogen-bond acceptors (Lipinski definition) is 2. The molecule has 0 unspecified atom stereocenters. The summed E-state index contributed by atoms with van der Waals surface area (Å²) < 4.78 is 45.0. The average molecular weight is 345 g/mol. The zero-order valence-corrected chi connectivity index (χ0v) is 11.6. The van der Waals surface area contributed by atoms with Crippen LogP contribution in [0, 0.1) is 17.5 Å². The van der Waals surface area contributed by atoms with Crippen LogP contribution < -0.4 is 4.74 Å². The summed E-state index contributed by atoms with van der Waals surface area (Å²) in [6.07, 6.45) is 0. The van der Waals surface area contributed by atoms with Crippen molar-refractivity contribution in [2.75, 3.05) is 6.61 Å². The highest BCUT2D eigenvalue weighted by Gasteiger charge is 2.14. The molecule has 0 aromatic heterocycles. The van der Waals surface area contributed by atoms with Gasteiger partial charge in [0.2, 0.25) is 5.78 Å². The summed E-state index contributed by atoms with van der Waals surface area (Å²) in [7, 11) is 0. The predicted octanol–water partition coefficient (Wildman–Crippen LogP) is 4.13. The van der Waals surface area contributed by atoms with Gasteiger partial charge in [-0.15, -0.1) is 0 Å². The van der Waals surface area contributed by atoms with Crippen LogP contribution in [0.15, 0.2) is 40.9 Å². The molecule has 20 heavy (non-hydrogen) atoms. The van der Waals surface area contributed by atoms with E-state index in [4.69, 9.17) is 4.74 Å². The molecule has 0 atom stereocenters. The number of hydrogen-bond donors (Lipinski definition) is 0. The smallest absolute Gasteiger partial charge is 0.203 e. The summed E-state index contributed by atoms with van der Waals surface area (Å²) in [6.45, 7) is -0.546. The van der Waals surface area contributed by atoms with Crippen molar-refractivity contribution in [2.45, 2.75) is 0 Å². The van der Waals surface area contributed by atoms with Crippen molar-refractivity contribution in [1.29, 1.82) is 0 Å². The van der Waals surface area contributed by atoms with Gasteiger partial charge in [0, 0.05) is 10.5 Å². The molecular formula is C14H8BrF3O2. The van der Waals surface area contributed by atoms with Crippen molar-refractivity contribution in [1.82, 2.24) is 0 Å². The van der Waals surface area contributed by atoms with Gasteiger partial charge in [0.25, 0.3) is 0 Å². The maximum absolute atomic E-state index is 13.4. The van der Waals surface area contributed by atoms with Crippen LogP contribution in [0.5, 0.6) is 5.75 Å². The summed E-state index contributed by atoms with van der Waals surface area (Å²) in [5, 5.41) is 0. The van der Waals surface area contributed by atoms with Crippen molar-refractivity contribution < 1.29 is 22.7 Å². The quantitative estimate of drug-likeness (QED) is 0.779. The monoisotopic (exact) mass is 344 g/mol. The molecule has 0 amide bonds. The van der Waals surface area contributed by atoms with Gasteiger partial charge in [-0.2, -0.15) is 0 Å². The number of ether oxygens (including phenoxy) is 1. The highest BCUT2D eigenvalue weighted by atomic mass is 79.9. The second-order valence-electron chi connectivity index (χ2n) is 3.91. The fourth-order valence-electron chi connectivity index (χ4n) is 1.52. The predicted molar refractivity (Wildman–Crippen MR) is 70.3 cm³/mol. The number of Topliss-reactive ketones (excluding diaryl/α,β-unsaturated/α-hetero) is 1. The number of carbonyl (C=O) groups is 1. The van der Waals surface area contributed by atoms with Crippen molar-refractivity contribution in [3.63, 3.8) is 0 Å². The first kappa shape index (κ1) is 14.6. The zero-order valence-electron chi connectivity index (χ0n) is 10.00. The van der Waals surface area contributed by atoms with Gasteiger partial charge in [-0.3, -0.25) is 4.79 Å². The maximum Gasteiger partial charge on any atom is 0.203 e. The largest absolute Gasteiger partial charge is 0.482 e. The fraction of sp³-hybridized carbons (Fsp3) is 0.0714. The third-order valence-corrected chi connectivity index (χ3v) is 2.98. The second kappa shape index (κ2) is 6.09. The van der Waals surface area contributed by atoms with Gasteiger partial charge in [-0.25, -0.2) is 13.2 Å². The van der Waals surface area contributed by atoms with Crippen molar-refractivity contribution in [3.8, 4) is 5.75 Å². The Morgan fingerprint density at radius 3 is 2.50 bits per heavy atom. The number of halogens is 4. The molecule has 6 heteroatoms. The Labute approximate surface area is 121 Å². The van der Waals surface area contributed by atoms with Gasteiger partial charge in [0.1, 0.15) is 11.6 Å². The van der Waals surface area contributed by atoms with E-state index in [1.54, 1.807) is 0 Å². The first-order valence-electron chi connectivity index (χ1n) is 5.53. The Bertz CT molecular complexity index is 659. The minimum Gasteiger partial charge on any atom is -0.482 e. The van der Waals surface area contributed by atoms with E-state index in [2.05, 4.69) is 15.9 Å². The summed E-state index contributed by atoms with van der Waals surface area (Å²) in [5.74, 6) is -3.23. The van der Waals surface area contributed by atoms with Crippen molar-refractivity contribution >= 4 is 21.7 Å². The van der Waals surface area contributed by atoms with Crippen LogP contribution in [0.4, 0.5) is 13.2 Å². The third kappa shape index (κ3) is 3.39. The molecule has 2 rings (SSSR count). The standard InChI is InChI=1S/C14H8BrF3O2/c15-8-1-4-11(17)14(5-8)20-7-13(19)10-3-2-9(16)6-12(10)18/h1-6H,7H2. The van der Waals surface area contributed by atoms with Gasteiger partial charge in [0.05, 0.1) is 5.56 Å². The molecule has 0 N–H and O–H groups in total. The lowest BCUT2D eigenvalue weighted by molar-refractivity contribution is 0.0914. The zero-order chi connectivity index (χ0) is 14.7. The SMILES string of the molecule is O=C(COc1cc(Br)ccc1F)c1ccc(F)cc1F. The van der Waals surface area contributed by atoms with E-state index in [9.17, 15) is 18.0 Å². The molecule has 2 aromatic rings. The van der Waals surface area contributed by atoms with E-state index in [0.29, 0.717) is 10.5 Å². The molecule has 0 spiro atoms. The highest BCUT2D eigenvalue weighted by molar-refractivity contribution is 9.10. The molecule has 0 heterocycles. The molecule has 0 saturated carbocycles. The van der Waals surface area contributed by atoms with Crippen LogP contribution in [-0.2, 0) is 0 Å². The van der Waals surface area contributed by atoms with Gasteiger partial charge < -0.3 is 4.74 Å². The van der Waals surface area contributed by atoms with Crippen molar-refractivity contribution in [3.05, 3.63) is 63.9 Å². The molecule has 0 aliphatic heterocycles. The van der Waals surface area contributed by atoms with Crippen LogP contribution in [0.25, 0.3) is 0 Å². The lowest BCUT2D eigenvalue weighted by Crippen LogP contribution is -2.14. The minimum atomic E-state index is -0.978. The summed E-state index contributed by atoms with van der Waals surface area (Å²) in [5.41, 5.74) is -0.304. The molecule has 2 aromatic carbocycles.